The van der Waals surface area contributed by atoms with Crippen molar-refractivity contribution in [1.82, 2.24) is 24.9 Å². The van der Waals surface area contributed by atoms with Crippen LogP contribution in [0.3, 0.4) is 0 Å². The first-order chi connectivity index (χ1) is 22.4. The van der Waals surface area contributed by atoms with Gasteiger partial charge in [0.1, 0.15) is 0 Å². The van der Waals surface area contributed by atoms with Gasteiger partial charge in [0, 0.05) is 0 Å². The molecule has 8 nitrogen and oxygen atoms in total. The third-order valence-corrected chi connectivity index (χ3v) is 12.0. The van der Waals surface area contributed by atoms with Crippen molar-refractivity contribution < 1.29 is 13.5 Å². The second-order valence-corrected chi connectivity index (χ2v) is 14.9. The quantitative estimate of drug-likeness (QED) is 0.192. The Morgan fingerprint density at radius 1 is 0.978 bits per heavy atom. The van der Waals surface area contributed by atoms with E-state index in [0.29, 0.717) is 38.4 Å². The zero-order valence-corrected chi connectivity index (χ0v) is 27.8. The molecule has 0 saturated carbocycles. The van der Waals surface area contributed by atoms with Crippen molar-refractivity contribution in [2.45, 2.75) is 29.6 Å². The van der Waals surface area contributed by atoms with Crippen LogP contribution in [0.15, 0.2) is 67.0 Å². The molecule has 2 aliphatic heterocycles. The van der Waals surface area contributed by atoms with Gasteiger partial charge in [-0.3, -0.25) is 0 Å². The Bertz CT molecular complexity index is 1940. The molecule has 1 radical (unpaired) electrons. The zero-order valence-electron chi connectivity index (χ0n) is 24.4. The van der Waals surface area contributed by atoms with Gasteiger partial charge < -0.3 is 0 Å². The Labute approximate surface area is 281 Å². The van der Waals surface area contributed by atoms with E-state index >= 15 is 0 Å². The summed E-state index contributed by atoms with van der Waals surface area (Å²) in [5.74, 6) is -1.96. The van der Waals surface area contributed by atoms with Crippen LogP contribution in [0.1, 0.15) is 40.4 Å². The van der Waals surface area contributed by atoms with E-state index in [1.54, 1.807) is 6.07 Å². The van der Waals surface area contributed by atoms with Crippen LogP contribution in [-0.4, -0.2) is 73.0 Å². The van der Waals surface area contributed by atoms with Gasteiger partial charge in [-0.05, 0) is 0 Å². The van der Waals surface area contributed by atoms with E-state index in [4.69, 9.17) is 27.9 Å². The number of nitrogens with one attached hydrogen (secondary N) is 1. The van der Waals surface area contributed by atoms with Crippen LogP contribution in [0.2, 0.25) is 10.0 Å². The number of nitrogens with zero attached hydrogens (tertiary/aromatic N) is 6. The Hall–Kier alpha value is -3.58. The predicted octanol–water partition coefficient (Wildman–Crippen LogP) is 6.18. The molecule has 2 aliphatic rings. The van der Waals surface area contributed by atoms with Crippen LogP contribution in [0.25, 0.3) is 10.9 Å². The number of nitriles is 1. The average molecular weight is 721 g/mol. The number of anilines is 2. The number of rotatable bonds is 8. The molecule has 1 N–H and O–H groups in total. The van der Waals surface area contributed by atoms with Gasteiger partial charge in [-0.2, -0.15) is 0 Å². The molecule has 4 heterocycles. The summed E-state index contributed by atoms with van der Waals surface area (Å²) >= 11 is 12.3. The van der Waals surface area contributed by atoms with E-state index in [1.165, 1.54) is 12.3 Å². The van der Waals surface area contributed by atoms with Crippen LogP contribution in [0, 0.1) is 23.0 Å². The predicted molar refractivity (Wildman–Crippen MR) is 174 cm³/mol. The Balaban J connectivity index is 1.23. The van der Waals surface area contributed by atoms with Crippen molar-refractivity contribution in [3.05, 3.63) is 105 Å². The second kappa shape index (κ2) is 13.3. The van der Waals surface area contributed by atoms with Crippen LogP contribution in [0.5, 0.6) is 0 Å². The fourth-order valence-electron chi connectivity index (χ4n) is 5.93. The van der Waals surface area contributed by atoms with Crippen LogP contribution in [-0.2, 0) is 4.74 Å². The van der Waals surface area contributed by atoms with Gasteiger partial charge in [-0.1, -0.05) is 0 Å². The van der Waals surface area contributed by atoms with Crippen molar-refractivity contribution in [1.29, 1.82) is 5.26 Å². The van der Waals surface area contributed by atoms with E-state index in [-0.39, 0.29) is 16.3 Å². The fourth-order valence-corrected chi connectivity index (χ4v) is 9.30. The van der Waals surface area contributed by atoms with Gasteiger partial charge in [-0.15, -0.1) is 0 Å². The standard InChI is InChI=1S/C33H27AsCl2F2N7O/c35-21-3-1-19(2-4-21)31(30-16-45(43-42-30)24-7-9-44(10-8-24)25-17-46-18-25)34-27-12-22(36)11-26-32(20(14-39)15-40-33(26)27)41-23-5-6-28(37)29(38)13-23/h1-6,11-13,15-16,24-25,31H,7-10,17-18H2,(H,40,41)/t31-/m0/s1. The average Bonchev–Trinajstić information content (AvgIpc) is 3.52. The monoisotopic (exact) mass is 720 g/mol. The molecule has 13 heteroatoms. The molecule has 3 aromatic carbocycles. The zero-order chi connectivity index (χ0) is 31.8. The third-order valence-electron chi connectivity index (χ3n) is 8.50. The number of benzene rings is 3. The first kappa shape index (κ1) is 31.0. The van der Waals surface area contributed by atoms with E-state index in [2.05, 4.69) is 37.8 Å². The molecule has 0 spiro atoms. The molecule has 233 valence electrons. The molecule has 2 fully saturated rings. The van der Waals surface area contributed by atoms with Crippen LogP contribution >= 0.6 is 23.2 Å². The molecule has 7 rings (SSSR count). The number of pyridine rings is 1. The van der Waals surface area contributed by atoms with Crippen molar-refractivity contribution >= 4 is 65.6 Å². The summed E-state index contributed by atoms with van der Waals surface area (Å²) in [6.45, 7) is 3.65. The SMILES string of the molecule is N#Cc1cnc2c([As][C@@H](c3ccc(Cl)cc3)c3cn(C4CCN(C5COC5)CC4)nn3)cc(Cl)cc2c1Nc1ccc(F)c(F)c1. The third kappa shape index (κ3) is 6.35. The number of fused-ring (bicyclic) bond motifs is 1. The summed E-state index contributed by atoms with van der Waals surface area (Å²) in [6, 6.07) is 17.8. The molecule has 2 aromatic heterocycles. The molecule has 0 unspecified atom stereocenters. The van der Waals surface area contributed by atoms with E-state index in [1.807, 2.05) is 35.0 Å². The van der Waals surface area contributed by atoms with Crippen molar-refractivity contribution in [2.75, 3.05) is 31.6 Å². The molecule has 0 aliphatic carbocycles. The molecule has 5 aromatic rings. The minimum atomic E-state index is -0.997. The van der Waals surface area contributed by atoms with Crippen molar-refractivity contribution in [3.63, 3.8) is 0 Å². The van der Waals surface area contributed by atoms with Crippen molar-refractivity contribution in [3.8, 4) is 6.07 Å². The van der Waals surface area contributed by atoms with Crippen LogP contribution < -0.4 is 9.67 Å². The normalized spacial score (nSPS) is 16.9. The topological polar surface area (TPSA) is 91.9 Å². The number of halogens is 4. The van der Waals surface area contributed by atoms with Crippen LogP contribution in [0.4, 0.5) is 20.2 Å². The Morgan fingerprint density at radius 3 is 2.46 bits per heavy atom. The molecular formula is C33H27AsCl2F2N7O. The number of hydrogen-bond donors (Lipinski definition) is 1. The minimum absolute atomic E-state index is 0.115. The van der Waals surface area contributed by atoms with Gasteiger partial charge >= 0.3 is 282 Å². The number of likely N-dealkylation sites (tertiary alicyclic amines) is 1. The Morgan fingerprint density at radius 2 is 1.76 bits per heavy atom. The van der Waals surface area contributed by atoms with E-state index < -0.39 is 27.4 Å². The summed E-state index contributed by atoms with van der Waals surface area (Å²) in [5.41, 5.74) is 3.50. The summed E-state index contributed by atoms with van der Waals surface area (Å²) in [4.78, 5) is 7.19. The molecule has 0 amide bonds. The fraction of sp³-hybridized carbons (Fsp3) is 0.273. The van der Waals surface area contributed by atoms with E-state index in [9.17, 15) is 14.0 Å². The maximum absolute atomic E-state index is 14.0. The Kier molecular flexibility index (Phi) is 8.95. The molecule has 1 atom stereocenters. The second-order valence-electron chi connectivity index (χ2n) is 11.4. The maximum atomic E-state index is 14.0. The van der Waals surface area contributed by atoms with Gasteiger partial charge in [-0.25, -0.2) is 0 Å². The summed E-state index contributed by atoms with van der Waals surface area (Å²) in [5, 5.41) is 24.0. The van der Waals surface area contributed by atoms with Gasteiger partial charge in [0.2, 0.25) is 0 Å². The molecule has 2 saturated heterocycles. The molecule has 46 heavy (non-hydrogen) atoms. The summed E-state index contributed by atoms with van der Waals surface area (Å²) in [7, 11) is 0. The number of ether oxygens (including phenoxy) is 1. The summed E-state index contributed by atoms with van der Waals surface area (Å²) < 4.78 is 35.9. The first-order valence-electron chi connectivity index (χ1n) is 14.8. The number of piperidine rings is 1. The van der Waals surface area contributed by atoms with E-state index in [0.717, 1.165) is 66.9 Å². The molecule has 0 bridgehead atoms. The van der Waals surface area contributed by atoms with Gasteiger partial charge in [0.25, 0.3) is 0 Å². The van der Waals surface area contributed by atoms with Crippen molar-refractivity contribution in [2.24, 2.45) is 0 Å². The number of hydrogen-bond acceptors (Lipinski definition) is 7. The van der Waals surface area contributed by atoms with Gasteiger partial charge in [0.05, 0.1) is 0 Å². The first-order valence-corrected chi connectivity index (χ1v) is 17.6. The summed E-state index contributed by atoms with van der Waals surface area (Å²) in [6.07, 6.45) is 5.54. The molecular weight excluding hydrogens is 694 g/mol. The van der Waals surface area contributed by atoms with Gasteiger partial charge in [0.15, 0.2) is 0 Å². The number of aromatic nitrogens is 4.